The molecule has 0 spiro atoms. The van der Waals surface area contributed by atoms with Crippen LogP contribution in [0.2, 0.25) is 0 Å². The number of ether oxygens (including phenoxy) is 2. The second-order valence-electron chi connectivity index (χ2n) is 8.74. The Morgan fingerprint density at radius 3 is 2.71 bits per heavy atom. The summed E-state index contributed by atoms with van der Waals surface area (Å²) in [6.45, 7) is 2.00. The summed E-state index contributed by atoms with van der Waals surface area (Å²) in [5, 5.41) is 15.4. The number of methoxy groups -OCH3 is 1. The largest absolute Gasteiger partial charge is 0.504 e. The van der Waals surface area contributed by atoms with Gasteiger partial charge >= 0.3 is 0 Å². The summed E-state index contributed by atoms with van der Waals surface area (Å²) in [7, 11) is 1.48. The molecule has 1 unspecified atom stereocenters. The summed E-state index contributed by atoms with van der Waals surface area (Å²) in [4.78, 5) is 29.2. The number of ketones is 1. The molecule has 2 N–H and O–H groups in total. The highest BCUT2D eigenvalue weighted by molar-refractivity contribution is 6.08. The van der Waals surface area contributed by atoms with Crippen LogP contribution in [-0.4, -0.2) is 28.9 Å². The Balaban J connectivity index is 1.44. The molecule has 176 valence electrons. The standard InChI is InChI=1S/C28H24N2O5/c1-16-10-18(13-19(31)11-16)30-28(33)22-5-3-4-17-12-20(6-7-21(17)22)35-26-8-9-29-24-15-27(34-2)25(32)14-23(24)26/h3-9,12-16,32H,10-11H2,1-2H3,(H,30,33). The number of carbonyl (C=O) groups excluding carboxylic acids is 2. The number of nitrogens with zero attached hydrogens (tertiary/aromatic N) is 1. The van der Waals surface area contributed by atoms with Crippen molar-refractivity contribution < 1.29 is 24.2 Å². The second kappa shape index (κ2) is 9.10. The van der Waals surface area contributed by atoms with E-state index in [9.17, 15) is 14.7 Å². The van der Waals surface area contributed by atoms with E-state index in [-0.39, 0.29) is 23.4 Å². The van der Waals surface area contributed by atoms with Crippen molar-refractivity contribution in [3.05, 3.63) is 78.1 Å². The van der Waals surface area contributed by atoms with Crippen LogP contribution in [0.25, 0.3) is 21.7 Å². The molecule has 3 aromatic carbocycles. The lowest BCUT2D eigenvalue weighted by molar-refractivity contribution is -0.115. The summed E-state index contributed by atoms with van der Waals surface area (Å²) in [5.41, 5.74) is 1.80. The van der Waals surface area contributed by atoms with E-state index < -0.39 is 0 Å². The zero-order chi connectivity index (χ0) is 24.5. The van der Waals surface area contributed by atoms with Gasteiger partial charge < -0.3 is 19.9 Å². The van der Waals surface area contributed by atoms with Crippen molar-refractivity contribution in [1.82, 2.24) is 10.3 Å². The molecule has 5 rings (SSSR count). The van der Waals surface area contributed by atoms with Gasteiger partial charge in [0.05, 0.1) is 12.6 Å². The first kappa shape index (κ1) is 22.4. The number of amides is 1. The van der Waals surface area contributed by atoms with Crippen molar-refractivity contribution in [1.29, 1.82) is 0 Å². The highest BCUT2D eigenvalue weighted by Crippen LogP contribution is 2.37. The molecule has 1 aromatic heterocycles. The van der Waals surface area contributed by atoms with E-state index in [0.717, 1.165) is 10.8 Å². The van der Waals surface area contributed by atoms with Crippen LogP contribution in [-0.2, 0) is 4.79 Å². The molecule has 4 aromatic rings. The smallest absolute Gasteiger partial charge is 0.256 e. The van der Waals surface area contributed by atoms with Crippen LogP contribution >= 0.6 is 0 Å². The molecule has 0 saturated carbocycles. The van der Waals surface area contributed by atoms with Gasteiger partial charge in [0.25, 0.3) is 5.91 Å². The van der Waals surface area contributed by atoms with Crippen molar-refractivity contribution >= 4 is 33.4 Å². The highest BCUT2D eigenvalue weighted by atomic mass is 16.5. The number of phenols is 1. The van der Waals surface area contributed by atoms with Crippen LogP contribution in [0.1, 0.15) is 30.1 Å². The minimum atomic E-state index is -0.248. The van der Waals surface area contributed by atoms with Crippen molar-refractivity contribution in [2.75, 3.05) is 7.11 Å². The molecule has 1 atom stereocenters. The fourth-order valence-electron chi connectivity index (χ4n) is 4.44. The maximum atomic E-state index is 13.0. The summed E-state index contributed by atoms with van der Waals surface area (Å²) in [6, 6.07) is 15.9. The topological polar surface area (TPSA) is 97.8 Å². The fraction of sp³-hybridized carbons (Fsp3) is 0.179. The minimum absolute atomic E-state index is 0.00353. The highest BCUT2D eigenvalue weighted by Gasteiger charge is 2.20. The van der Waals surface area contributed by atoms with E-state index >= 15 is 0 Å². The van der Waals surface area contributed by atoms with Crippen molar-refractivity contribution in [3.8, 4) is 23.0 Å². The van der Waals surface area contributed by atoms with Gasteiger partial charge in [0.15, 0.2) is 17.3 Å². The Kier molecular flexibility index (Phi) is 5.82. The van der Waals surface area contributed by atoms with E-state index in [4.69, 9.17) is 9.47 Å². The molecule has 1 amide bonds. The average Bonchev–Trinajstić information content (AvgIpc) is 2.83. The van der Waals surface area contributed by atoms with Gasteiger partial charge in [-0.3, -0.25) is 14.6 Å². The fourth-order valence-corrected chi connectivity index (χ4v) is 4.44. The predicted molar refractivity (Wildman–Crippen MR) is 133 cm³/mol. The molecule has 1 aliphatic rings. The Morgan fingerprint density at radius 1 is 1.06 bits per heavy atom. The maximum Gasteiger partial charge on any atom is 0.256 e. The second-order valence-corrected chi connectivity index (χ2v) is 8.74. The molecule has 0 aliphatic heterocycles. The molecular formula is C28H24N2O5. The number of nitrogens with one attached hydrogen (secondary N) is 1. The summed E-state index contributed by atoms with van der Waals surface area (Å²) in [6.07, 6.45) is 4.34. The Labute approximate surface area is 202 Å². The van der Waals surface area contributed by atoms with E-state index in [2.05, 4.69) is 10.3 Å². The lowest BCUT2D eigenvalue weighted by atomic mass is 9.93. The molecule has 0 radical (unpaired) electrons. The van der Waals surface area contributed by atoms with Gasteiger partial charge in [0.2, 0.25) is 0 Å². The van der Waals surface area contributed by atoms with Gasteiger partial charge in [0, 0.05) is 41.4 Å². The van der Waals surface area contributed by atoms with Gasteiger partial charge in [-0.25, -0.2) is 0 Å². The van der Waals surface area contributed by atoms with Crippen LogP contribution in [0.4, 0.5) is 0 Å². The summed E-state index contributed by atoms with van der Waals surface area (Å²) in [5.74, 6) is 1.44. The Hall–Kier alpha value is -4.39. The molecule has 1 aliphatic carbocycles. The van der Waals surface area contributed by atoms with Crippen LogP contribution in [0.15, 0.2) is 72.6 Å². The summed E-state index contributed by atoms with van der Waals surface area (Å²) >= 11 is 0. The van der Waals surface area contributed by atoms with Gasteiger partial charge in [-0.15, -0.1) is 0 Å². The normalized spacial score (nSPS) is 15.7. The van der Waals surface area contributed by atoms with Gasteiger partial charge in [0.1, 0.15) is 11.5 Å². The first-order valence-corrected chi connectivity index (χ1v) is 11.3. The number of pyridine rings is 1. The van der Waals surface area contributed by atoms with Crippen LogP contribution in [0.5, 0.6) is 23.0 Å². The lowest BCUT2D eigenvalue weighted by Gasteiger charge is -2.19. The predicted octanol–water partition coefficient (Wildman–Crippen LogP) is 5.51. The van der Waals surface area contributed by atoms with E-state index in [1.165, 1.54) is 13.2 Å². The Morgan fingerprint density at radius 2 is 1.91 bits per heavy atom. The molecular weight excluding hydrogens is 444 g/mol. The molecule has 7 nitrogen and oxygen atoms in total. The molecule has 0 bridgehead atoms. The number of rotatable bonds is 5. The zero-order valence-corrected chi connectivity index (χ0v) is 19.4. The first-order valence-electron chi connectivity index (χ1n) is 11.3. The number of aromatic nitrogens is 1. The van der Waals surface area contributed by atoms with Crippen LogP contribution in [0.3, 0.4) is 0 Å². The number of hydrogen-bond acceptors (Lipinski definition) is 6. The number of hydrogen-bond donors (Lipinski definition) is 2. The quantitative estimate of drug-likeness (QED) is 0.401. The zero-order valence-electron chi connectivity index (χ0n) is 19.4. The molecule has 0 fully saturated rings. The third-order valence-electron chi connectivity index (χ3n) is 6.05. The Bertz CT molecular complexity index is 1510. The SMILES string of the molecule is COc1cc2nccc(Oc3ccc4c(C(=O)NC5=CC(=O)CC(C)C5)cccc4c3)c2cc1O. The van der Waals surface area contributed by atoms with Crippen LogP contribution < -0.4 is 14.8 Å². The van der Waals surface area contributed by atoms with Crippen molar-refractivity contribution in [2.24, 2.45) is 5.92 Å². The molecule has 1 heterocycles. The van der Waals surface area contributed by atoms with Crippen molar-refractivity contribution in [2.45, 2.75) is 19.8 Å². The molecule has 7 heteroatoms. The number of phenolic OH excluding ortho intramolecular Hbond substituents is 1. The summed E-state index contributed by atoms with van der Waals surface area (Å²) < 4.78 is 11.3. The van der Waals surface area contributed by atoms with E-state index in [1.807, 2.05) is 31.2 Å². The average molecular weight is 469 g/mol. The van der Waals surface area contributed by atoms with Crippen LogP contribution in [0, 0.1) is 5.92 Å². The monoisotopic (exact) mass is 468 g/mol. The molecule has 35 heavy (non-hydrogen) atoms. The van der Waals surface area contributed by atoms with Crippen molar-refractivity contribution in [3.63, 3.8) is 0 Å². The third kappa shape index (κ3) is 4.53. The van der Waals surface area contributed by atoms with Gasteiger partial charge in [-0.2, -0.15) is 0 Å². The number of aromatic hydroxyl groups is 1. The first-order chi connectivity index (χ1) is 16.9. The maximum absolute atomic E-state index is 13.0. The van der Waals surface area contributed by atoms with Gasteiger partial charge in [-0.05, 0) is 59.5 Å². The lowest BCUT2D eigenvalue weighted by Crippen LogP contribution is -2.27. The number of carbonyl (C=O) groups is 2. The van der Waals surface area contributed by atoms with E-state index in [0.29, 0.717) is 52.3 Å². The van der Waals surface area contributed by atoms with E-state index in [1.54, 1.807) is 36.5 Å². The third-order valence-corrected chi connectivity index (χ3v) is 6.05. The number of fused-ring (bicyclic) bond motifs is 2. The number of allylic oxidation sites excluding steroid dienone is 2. The van der Waals surface area contributed by atoms with Gasteiger partial charge in [-0.1, -0.05) is 19.1 Å². The molecule has 0 saturated heterocycles. The minimum Gasteiger partial charge on any atom is -0.504 e. The number of benzene rings is 3.